The van der Waals surface area contributed by atoms with Crippen molar-refractivity contribution in [3.05, 3.63) is 17.6 Å². The summed E-state index contributed by atoms with van der Waals surface area (Å²) in [5, 5.41) is 3.11. The van der Waals surface area contributed by atoms with E-state index in [9.17, 15) is 8.42 Å². The predicted molar refractivity (Wildman–Crippen MR) is 62.2 cm³/mol. The maximum absolute atomic E-state index is 11.3. The van der Waals surface area contributed by atoms with E-state index < -0.39 is 9.84 Å². The third kappa shape index (κ3) is 2.49. The Kier molecular flexibility index (Phi) is 2.84. The molecule has 0 amide bonds. The number of nitrogens with one attached hydrogen (secondary N) is 1. The number of rotatable bonds is 2. The van der Waals surface area contributed by atoms with Crippen LogP contribution >= 0.6 is 0 Å². The number of aromatic nitrogens is 2. The second-order valence-electron chi connectivity index (χ2n) is 4.17. The zero-order valence-electron chi connectivity index (χ0n) is 9.40. The first-order chi connectivity index (χ1) is 7.46. The molecule has 2 heterocycles. The molecule has 1 fully saturated rings. The van der Waals surface area contributed by atoms with Crippen LogP contribution in [0.1, 0.15) is 17.8 Å². The molecule has 1 unspecified atom stereocenters. The van der Waals surface area contributed by atoms with Gasteiger partial charge in [0.15, 0.2) is 9.84 Å². The van der Waals surface area contributed by atoms with Crippen LogP contribution in [0.15, 0.2) is 6.20 Å². The van der Waals surface area contributed by atoms with Crippen LogP contribution in [0.2, 0.25) is 0 Å². The number of hydrogen-bond donors (Lipinski definition) is 1. The molecule has 1 aromatic heterocycles. The molecule has 0 radical (unpaired) electrons. The van der Waals surface area contributed by atoms with Crippen molar-refractivity contribution in [2.75, 3.05) is 16.8 Å². The van der Waals surface area contributed by atoms with E-state index in [2.05, 4.69) is 15.3 Å². The van der Waals surface area contributed by atoms with Crippen LogP contribution < -0.4 is 5.32 Å². The quantitative estimate of drug-likeness (QED) is 0.825. The van der Waals surface area contributed by atoms with Gasteiger partial charge < -0.3 is 5.32 Å². The van der Waals surface area contributed by atoms with Crippen molar-refractivity contribution in [3.63, 3.8) is 0 Å². The third-order valence-electron chi connectivity index (χ3n) is 2.78. The Morgan fingerprint density at radius 3 is 2.69 bits per heavy atom. The van der Waals surface area contributed by atoms with Crippen LogP contribution in [-0.4, -0.2) is 35.9 Å². The van der Waals surface area contributed by atoms with Crippen LogP contribution in [0.5, 0.6) is 0 Å². The van der Waals surface area contributed by atoms with Gasteiger partial charge in [0.1, 0.15) is 5.82 Å². The maximum atomic E-state index is 11.3. The summed E-state index contributed by atoms with van der Waals surface area (Å²) in [5.74, 6) is 1.12. The summed E-state index contributed by atoms with van der Waals surface area (Å²) in [6.07, 6.45) is 2.30. The topological polar surface area (TPSA) is 72.0 Å². The molecule has 0 aromatic carbocycles. The smallest absolute Gasteiger partial charge is 0.152 e. The molecule has 0 aliphatic carbocycles. The molecule has 1 N–H and O–H groups in total. The van der Waals surface area contributed by atoms with E-state index in [1.54, 1.807) is 6.20 Å². The van der Waals surface area contributed by atoms with Crippen molar-refractivity contribution < 1.29 is 8.42 Å². The normalized spacial score (nSPS) is 23.2. The van der Waals surface area contributed by atoms with Crippen molar-refractivity contribution in [2.45, 2.75) is 26.3 Å². The Morgan fingerprint density at radius 2 is 2.12 bits per heavy atom. The minimum Gasteiger partial charge on any atom is -0.365 e. The molecule has 2 rings (SSSR count). The Morgan fingerprint density at radius 1 is 1.38 bits per heavy atom. The van der Waals surface area contributed by atoms with Gasteiger partial charge in [-0.1, -0.05) is 0 Å². The molecule has 1 atom stereocenters. The standard InChI is InChI=1S/C10H15N3O2S/c1-7-8(2)12-10(5-11-7)13-9-3-4-16(14,15)6-9/h5,9H,3-4,6H2,1-2H3,(H,12,13). The zero-order valence-corrected chi connectivity index (χ0v) is 10.2. The molecular weight excluding hydrogens is 226 g/mol. The highest BCUT2D eigenvalue weighted by molar-refractivity contribution is 7.91. The maximum Gasteiger partial charge on any atom is 0.152 e. The monoisotopic (exact) mass is 241 g/mol. The lowest BCUT2D eigenvalue weighted by Crippen LogP contribution is -2.21. The van der Waals surface area contributed by atoms with Crippen LogP contribution in [0.4, 0.5) is 5.82 Å². The minimum atomic E-state index is -2.84. The molecule has 5 nitrogen and oxygen atoms in total. The minimum absolute atomic E-state index is 0.0265. The van der Waals surface area contributed by atoms with Crippen LogP contribution in [0.3, 0.4) is 0 Å². The van der Waals surface area contributed by atoms with Crippen molar-refractivity contribution >= 4 is 15.7 Å². The van der Waals surface area contributed by atoms with E-state index >= 15 is 0 Å². The van der Waals surface area contributed by atoms with Gasteiger partial charge in [-0.3, -0.25) is 4.98 Å². The van der Waals surface area contributed by atoms with E-state index in [-0.39, 0.29) is 17.5 Å². The number of hydrogen-bond acceptors (Lipinski definition) is 5. The largest absolute Gasteiger partial charge is 0.365 e. The summed E-state index contributed by atoms with van der Waals surface area (Å²) in [4.78, 5) is 8.50. The zero-order chi connectivity index (χ0) is 11.8. The average molecular weight is 241 g/mol. The summed E-state index contributed by atoms with van der Waals surface area (Å²) in [6, 6.07) is -0.0265. The molecule has 1 aromatic rings. The fourth-order valence-electron chi connectivity index (χ4n) is 1.73. The van der Waals surface area contributed by atoms with Gasteiger partial charge in [0.2, 0.25) is 0 Å². The highest BCUT2D eigenvalue weighted by Crippen LogP contribution is 2.16. The molecule has 0 bridgehead atoms. The highest BCUT2D eigenvalue weighted by Gasteiger charge is 2.27. The molecule has 16 heavy (non-hydrogen) atoms. The van der Waals surface area contributed by atoms with Gasteiger partial charge in [0.25, 0.3) is 0 Å². The Hall–Kier alpha value is -1.17. The summed E-state index contributed by atoms with van der Waals surface area (Å²) < 4.78 is 22.6. The molecule has 1 saturated heterocycles. The first-order valence-electron chi connectivity index (χ1n) is 5.23. The lowest BCUT2D eigenvalue weighted by Gasteiger charge is -2.11. The molecule has 1 aliphatic heterocycles. The lowest BCUT2D eigenvalue weighted by atomic mass is 10.2. The SMILES string of the molecule is Cc1ncc(NC2CCS(=O)(=O)C2)nc1C. The van der Waals surface area contributed by atoms with E-state index in [1.165, 1.54) is 0 Å². The second-order valence-corrected chi connectivity index (χ2v) is 6.40. The molecule has 6 heteroatoms. The summed E-state index contributed by atoms with van der Waals surface area (Å²) >= 11 is 0. The first kappa shape index (κ1) is 11.3. The van der Waals surface area contributed by atoms with Gasteiger partial charge in [-0.25, -0.2) is 13.4 Å². The lowest BCUT2D eigenvalue weighted by molar-refractivity contribution is 0.602. The van der Waals surface area contributed by atoms with Crippen LogP contribution in [0.25, 0.3) is 0 Å². The van der Waals surface area contributed by atoms with Gasteiger partial charge in [-0.05, 0) is 20.3 Å². The van der Waals surface area contributed by atoms with Gasteiger partial charge in [-0.2, -0.15) is 0 Å². The van der Waals surface area contributed by atoms with E-state index in [1.807, 2.05) is 13.8 Å². The van der Waals surface area contributed by atoms with Crippen molar-refractivity contribution in [2.24, 2.45) is 0 Å². The fraction of sp³-hybridized carbons (Fsp3) is 0.600. The van der Waals surface area contributed by atoms with E-state index in [0.717, 1.165) is 11.4 Å². The van der Waals surface area contributed by atoms with Crippen molar-refractivity contribution in [1.82, 2.24) is 9.97 Å². The number of nitrogens with zero attached hydrogens (tertiary/aromatic N) is 2. The van der Waals surface area contributed by atoms with Gasteiger partial charge in [0.05, 0.1) is 29.1 Å². The molecule has 0 saturated carbocycles. The highest BCUT2D eigenvalue weighted by atomic mass is 32.2. The van der Waals surface area contributed by atoms with Gasteiger partial charge in [-0.15, -0.1) is 0 Å². The summed E-state index contributed by atoms with van der Waals surface area (Å²) in [7, 11) is -2.84. The van der Waals surface area contributed by atoms with Crippen LogP contribution in [-0.2, 0) is 9.84 Å². The average Bonchev–Trinajstić information content (AvgIpc) is 2.52. The fourth-order valence-corrected chi connectivity index (χ4v) is 3.40. The predicted octanol–water partition coefficient (Wildman–Crippen LogP) is 0.692. The second kappa shape index (κ2) is 4.01. The number of sulfone groups is 1. The van der Waals surface area contributed by atoms with Crippen LogP contribution in [0, 0.1) is 13.8 Å². The van der Waals surface area contributed by atoms with E-state index in [0.29, 0.717) is 12.2 Å². The first-order valence-corrected chi connectivity index (χ1v) is 7.05. The van der Waals surface area contributed by atoms with E-state index in [4.69, 9.17) is 0 Å². The molecule has 88 valence electrons. The number of anilines is 1. The Balaban J connectivity index is 2.08. The Labute approximate surface area is 95.2 Å². The van der Waals surface area contributed by atoms with Crippen molar-refractivity contribution in [1.29, 1.82) is 0 Å². The van der Waals surface area contributed by atoms with Crippen molar-refractivity contribution in [3.8, 4) is 0 Å². The summed E-state index contributed by atoms with van der Waals surface area (Å²) in [5.41, 5.74) is 1.76. The summed E-state index contributed by atoms with van der Waals surface area (Å²) in [6.45, 7) is 3.78. The van der Waals surface area contributed by atoms with Gasteiger partial charge in [0, 0.05) is 6.04 Å². The third-order valence-corrected chi connectivity index (χ3v) is 4.54. The molecule has 0 spiro atoms. The Bertz CT molecular complexity index is 499. The molecule has 1 aliphatic rings. The molecular formula is C10H15N3O2S. The van der Waals surface area contributed by atoms with Gasteiger partial charge >= 0.3 is 0 Å². The number of aryl methyl sites for hydroxylation is 2.